The zero-order valence-corrected chi connectivity index (χ0v) is 15.8. The molecule has 8 heteroatoms. The van der Waals surface area contributed by atoms with Crippen LogP contribution in [0.15, 0.2) is 41.0 Å². The van der Waals surface area contributed by atoms with Gasteiger partial charge in [-0.15, -0.1) is 0 Å². The molecular weight excluding hydrogens is 370 g/mol. The van der Waals surface area contributed by atoms with Gasteiger partial charge in [0.2, 0.25) is 5.28 Å². The summed E-state index contributed by atoms with van der Waals surface area (Å²) in [5.41, 5.74) is 0.637. The number of hydrogen-bond acceptors (Lipinski definition) is 7. The lowest BCUT2D eigenvalue weighted by Gasteiger charge is -2.17. The summed E-state index contributed by atoms with van der Waals surface area (Å²) in [6, 6.07) is 9.38. The zero-order chi connectivity index (χ0) is 18.9. The van der Waals surface area contributed by atoms with Gasteiger partial charge in [-0.1, -0.05) is 6.07 Å². The molecule has 1 unspecified atom stereocenters. The molecule has 1 fully saturated rings. The molecule has 1 aliphatic rings. The lowest BCUT2D eigenvalue weighted by Crippen LogP contribution is -2.25. The van der Waals surface area contributed by atoms with E-state index >= 15 is 0 Å². The molecular formula is C19H20ClN3O4. The Morgan fingerprint density at radius 1 is 1.26 bits per heavy atom. The van der Waals surface area contributed by atoms with E-state index in [0.29, 0.717) is 36.8 Å². The topological polar surface area (TPSA) is 78.6 Å². The fourth-order valence-corrected chi connectivity index (χ4v) is 3.13. The maximum absolute atomic E-state index is 6.14. The summed E-state index contributed by atoms with van der Waals surface area (Å²) in [6.45, 7) is 5.11. The van der Waals surface area contributed by atoms with Gasteiger partial charge in [0.1, 0.15) is 35.6 Å². The first-order valence-corrected chi connectivity index (χ1v) is 9.05. The van der Waals surface area contributed by atoms with Gasteiger partial charge in [0, 0.05) is 5.39 Å². The van der Waals surface area contributed by atoms with Crippen LogP contribution in [0.25, 0.3) is 10.9 Å². The van der Waals surface area contributed by atoms with Crippen molar-refractivity contribution in [1.29, 1.82) is 0 Å². The lowest BCUT2D eigenvalue weighted by molar-refractivity contribution is -0.141. The van der Waals surface area contributed by atoms with Gasteiger partial charge in [-0.05, 0) is 49.7 Å². The minimum Gasteiger partial charge on any atom is -0.488 e. The molecule has 0 spiro atoms. The van der Waals surface area contributed by atoms with E-state index in [4.69, 9.17) is 30.2 Å². The Labute approximate surface area is 161 Å². The molecule has 0 aliphatic carbocycles. The molecule has 142 valence electrons. The van der Waals surface area contributed by atoms with Gasteiger partial charge in [0.05, 0.1) is 19.4 Å². The molecule has 7 nitrogen and oxygen atoms in total. The molecule has 2 aromatic heterocycles. The van der Waals surface area contributed by atoms with Crippen molar-refractivity contribution in [3.63, 3.8) is 0 Å². The Morgan fingerprint density at radius 2 is 2.15 bits per heavy atom. The van der Waals surface area contributed by atoms with Crippen LogP contribution in [-0.2, 0) is 16.0 Å². The van der Waals surface area contributed by atoms with E-state index in [9.17, 15) is 0 Å². The first-order valence-electron chi connectivity index (χ1n) is 8.67. The number of aromatic nitrogens is 2. The number of anilines is 1. The number of rotatable bonds is 6. The Balaban J connectivity index is 1.55. The lowest BCUT2D eigenvalue weighted by atomic mass is 10.2. The Hall–Kier alpha value is -2.35. The van der Waals surface area contributed by atoms with E-state index in [1.165, 1.54) is 0 Å². The highest BCUT2D eigenvalue weighted by Crippen LogP contribution is 2.30. The van der Waals surface area contributed by atoms with Gasteiger partial charge in [0.25, 0.3) is 0 Å². The average Bonchev–Trinajstić information content (AvgIpc) is 3.27. The summed E-state index contributed by atoms with van der Waals surface area (Å²) >= 11 is 6.14. The van der Waals surface area contributed by atoms with E-state index in [1.54, 1.807) is 6.26 Å². The molecule has 1 saturated heterocycles. The summed E-state index contributed by atoms with van der Waals surface area (Å²) < 4.78 is 22.6. The van der Waals surface area contributed by atoms with Crippen molar-refractivity contribution in [3.8, 4) is 5.75 Å². The molecule has 4 rings (SSSR count). The molecule has 1 aliphatic heterocycles. The molecule has 1 N–H and O–H groups in total. The Morgan fingerprint density at radius 3 is 2.89 bits per heavy atom. The van der Waals surface area contributed by atoms with E-state index in [2.05, 4.69) is 15.3 Å². The third-order valence-corrected chi connectivity index (χ3v) is 4.33. The van der Waals surface area contributed by atoms with Crippen molar-refractivity contribution in [2.24, 2.45) is 0 Å². The predicted molar refractivity (Wildman–Crippen MR) is 101 cm³/mol. The molecule has 1 atom stereocenters. The highest BCUT2D eigenvalue weighted by Gasteiger charge is 2.33. The molecule has 1 aromatic carbocycles. The molecule has 3 aromatic rings. The van der Waals surface area contributed by atoms with Crippen LogP contribution in [0.5, 0.6) is 5.75 Å². The molecule has 0 saturated carbocycles. The molecule has 27 heavy (non-hydrogen) atoms. The van der Waals surface area contributed by atoms with Crippen molar-refractivity contribution in [2.45, 2.75) is 32.3 Å². The van der Waals surface area contributed by atoms with Crippen molar-refractivity contribution >= 4 is 28.3 Å². The second-order valence-corrected chi connectivity index (χ2v) is 7.03. The van der Waals surface area contributed by atoms with Crippen molar-refractivity contribution < 1.29 is 18.6 Å². The number of ether oxygens (including phenoxy) is 3. The zero-order valence-electron chi connectivity index (χ0n) is 15.1. The number of furan rings is 1. The van der Waals surface area contributed by atoms with Gasteiger partial charge in [-0.3, -0.25) is 0 Å². The Bertz CT molecular complexity index is 930. The number of nitrogens with one attached hydrogen (secondary N) is 1. The second kappa shape index (κ2) is 7.34. The van der Waals surface area contributed by atoms with E-state index < -0.39 is 5.79 Å². The average molecular weight is 390 g/mol. The minimum absolute atomic E-state index is 0.135. The maximum Gasteiger partial charge on any atom is 0.225 e. The third-order valence-electron chi connectivity index (χ3n) is 4.16. The maximum atomic E-state index is 6.14. The van der Waals surface area contributed by atoms with Crippen molar-refractivity contribution in [3.05, 3.63) is 47.6 Å². The fraction of sp³-hybridized carbons (Fsp3) is 0.368. The van der Waals surface area contributed by atoms with Crippen molar-refractivity contribution in [2.75, 3.05) is 18.5 Å². The normalized spacial score (nSPS) is 18.7. The second-order valence-electron chi connectivity index (χ2n) is 6.69. The van der Waals surface area contributed by atoms with Crippen LogP contribution in [-0.4, -0.2) is 35.1 Å². The van der Waals surface area contributed by atoms with Gasteiger partial charge >= 0.3 is 0 Å². The van der Waals surface area contributed by atoms with Crippen LogP contribution in [0.4, 0.5) is 5.82 Å². The van der Waals surface area contributed by atoms with Gasteiger partial charge < -0.3 is 23.9 Å². The summed E-state index contributed by atoms with van der Waals surface area (Å²) in [6.07, 6.45) is 1.49. The van der Waals surface area contributed by atoms with Gasteiger partial charge in [0.15, 0.2) is 5.79 Å². The van der Waals surface area contributed by atoms with Gasteiger partial charge in [-0.2, -0.15) is 0 Å². The van der Waals surface area contributed by atoms with E-state index in [0.717, 1.165) is 11.1 Å². The number of halogens is 1. The number of fused-ring (bicyclic) bond motifs is 1. The quantitative estimate of drug-likeness (QED) is 0.638. The highest BCUT2D eigenvalue weighted by molar-refractivity contribution is 6.29. The largest absolute Gasteiger partial charge is 0.488 e. The number of nitrogens with zero attached hydrogens (tertiary/aromatic N) is 2. The van der Waals surface area contributed by atoms with Crippen LogP contribution in [0, 0.1) is 0 Å². The third kappa shape index (κ3) is 4.16. The van der Waals surface area contributed by atoms with Crippen LogP contribution in [0.2, 0.25) is 5.28 Å². The summed E-state index contributed by atoms with van der Waals surface area (Å²) in [7, 11) is 0. The first-order chi connectivity index (χ1) is 13.0. The van der Waals surface area contributed by atoms with Gasteiger partial charge in [-0.25, -0.2) is 9.97 Å². The predicted octanol–water partition coefficient (Wildman–Crippen LogP) is 4.02. The minimum atomic E-state index is -0.582. The number of hydrogen-bond donors (Lipinski definition) is 1. The summed E-state index contributed by atoms with van der Waals surface area (Å²) in [5.74, 6) is 1.45. The molecule has 0 bridgehead atoms. The highest BCUT2D eigenvalue weighted by atomic mass is 35.5. The summed E-state index contributed by atoms with van der Waals surface area (Å²) in [4.78, 5) is 8.65. The first kappa shape index (κ1) is 18.0. The standard InChI is InChI=1S/C19H20ClN3O4/c1-19(2)26-11-13(27-19)10-25-15-7-3-6-14-16(15)22-18(20)23-17(14)21-9-12-5-4-8-24-12/h3-8,13H,9-11H2,1-2H3,(H,21,22,23). The monoisotopic (exact) mass is 389 g/mol. The van der Waals surface area contributed by atoms with Crippen molar-refractivity contribution in [1.82, 2.24) is 9.97 Å². The Kier molecular flexibility index (Phi) is 4.90. The van der Waals surface area contributed by atoms with E-state index in [1.807, 2.05) is 44.2 Å². The van der Waals surface area contributed by atoms with E-state index in [-0.39, 0.29) is 11.4 Å². The molecule has 0 amide bonds. The number of benzene rings is 1. The number of para-hydroxylation sites is 1. The smallest absolute Gasteiger partial charge is 0.225 e. The summed E-state index contributed by atoms with van der Waals surface area (Å²) in [5, 5.41) is 4.19. The molecule has 0 radical (unpaired) electrons. The molecule has 3 heterocycles. The van der Waals surface area contributed by atoms with Crippen LogP contribution >= 0.6 is 11.6 Å². The van der Waals surface area contributed by atoms with Crippen LogP contribution in [0.1, 0.15) is 19.6 Å². The fourth-order valence-electron chi connectivity index (χ4n) is 2.96. The van der Waals surface area contributed by atoms with Crippen LogP contribution in [0.3, 0.4) is 0 Å². The van der Waals surface area contributed by atoms with Crippen LogP contribution < -0.4 is 10.1 Å². The SMILES string of the molecule is CC1(C)OCC(COc2cccc3c(NCc4ccco4)nc(Cl)nc23)O1.